The van der Waals surface area contributed by atoms with Gasteiger partial charge >= 0.3 is 6.03 Å². The zero-order valence-electron chi connectivity index (χ0n) is 10.2. The van der Waals surface area contributed by atoms with Gasteiger partial charge in [0.2, 0.25) is 0 Å². The van der Waals surface area contributed by atoms with Crippen molar-refractivity contribution < 1.29 is 9.53 Å². The van der Waals surface area contributed by atoms with Gasteiger partial charge in [-0.15, -0.1) is 0 Å². The molecule has 0 fully saturated rings. The molecule has 0 spiro atoms. The van der Waals surface area contributed by atoms with E-state index < -0.39 is 0 Å². The third kappa shape index (κ3) is 4.59. The van der Waals surface area contributed by atoms with Crippen molar-refractivity contribution in [3.8, 4) is 5.75 Å². The molecule has 17 heavy (non-hydrogen) atoms. The summed E-state index contributed by atoms with van der Waals surface area (Å²) in [6.45, 7) is 7.79. The van der Waals surface area contributed by atoms with E-state index in [0.29, 0.717) is 18.0 Å². The molecular weight excluding hydrogens is 216 g/mol. The van der Waals surface area contributed by atoms with Crippen molar-refractivity contribution in [2.45, 2.75) is 19.9 Å². The zero-order valence-corrected chi connectivity index (χ0v) is 10.2. The molecule has 0 aliphatic carbocycles. The molecule has 0 bridgehead atoms. The Bertz CT molecular complexity index is 389. The van der Waals surface area contributed by atoms with Crippen LogP contribution in [0, 0.1) is 0 Å². The molecule has 0 atom stereocenters. The molecule has 1 aromatic carbocycles. The molecule has 0 aromatic heterocycles. The average Bonchev–Trinajstić information content (AvgIpc) is 2.26. The Hall–Kier alpha value is -1.97. The van der Waals surface area contributed by atoms with Crippen molar-refractivity contribution in [1.29, 1.82) is 0 Å². The van der Waals surface area contributed by atoms with E-state index in [0.717, 1.165) is 0 Å². The van der Waals surface area contributed by atoms with Gasteiger partial charge in [0.1, 0.15) is 12.4 Å². The molecule has 0 radical (unpaired) electrons. The number of hydrogen-bond donors (Lipinski definition) is 2. The first kappa shape index (κ1) is 13.1. The monoisotopic (exact) mass is 234 g/mol. The number of nitrogens with one attached hydrogen (secondary N) is 2. The highest BCUT2D eigenvalue weighted by Crippen LogP contribution is 2.23. The van der Waals surface area contributed by atoms with Gasteiger partial charge in [-0.05, 0) is 26.0 Å². The maximum atomic E-state index is 11.6. The van der Waals surface area contributed by atoms with Crippen molar-refractivity contribution in [2.24, 2.45) is 0 Å². The molecule has 0 aliphatic heterocycles. The minimum Gasteiger partial charge on any atom is -0.487 e. The largest absolute Gasteiger partial charge is 0.487 e. The number of para-hydroxylation sites is 2. The number of amides is 2. The van der Waals surface area contributed by atoms with Crippen molar-refractivity contribution in [1.82, 2.24) is 5.32 Å². The Labute approximate surface area is 102 Å². The van der Waals surface area contributed by atoms with Crippen LogP contribution in [0.5, 0.6) is 5.75 Å². The fourth-order valence-corrected chi connectivity index (χ4v) is 1.27. The Morgan fingerprint density at radius 2 is 2.18 bits per heavy atom. The summed E-state index contributed by atoms with van der Waals surface area (Å²) in [7, 11) is 0. The Morgan fingerprint density at radius 3 is 2.82 bits per heavy atom. The number of benzene rings is 1. The summed E-state index contributed by atoms with van der Waals surface area (Å²) in [5, 5.41) is 5.49. The standard InChI is InChI=1S/C13H18N2O2/c1-4-9-17-12-8-6-5-7-11(12)15-13(16)14-10(2)3/h4-8,10H,1,9H2,2-3H3,(H2,14,15,16). The molecule has 4 nitrogen and oxygen atoms in total. The maximum Gasteiger partial charge on any atom is 0.319 e. The number of carbonyl (C=O) groups excluding carboxylic acids is 1. The maximum absolute atomic E-state index is 11.6. The average molecular weight is 234 g/mol. The van der Waals surface area contributed by atoms with Crippen LogP contribution in [0.1, 0.15) is 13.8 Å². The fourth-order valence-electron chi connectivity index (χ4n) is 1.27. The van der Waals surface area contributed by atoms with E-state index in [4.69, 9.17) is 4.74 Å². The van der Waals surface area contributed by atoms with Gasteiger partial charge in [-0.1, -0.05) is 24.8 Å². The summed E-state index contributed by atoms with van der Waals surface area (Å²) in [6, 6.07) is 7.13. The van der Waals surface area contributed by atoms with E-state index >= 15 is 0 Å². The summed E-state index contributed by atoms with van der Waals surface area (Å²) >= 11 is 0. The molecular formula is C13H18N2O2. The van der Waals surface area contributed by atoms with Gasteiger partial charge in [-0.3, -0.25) is 0 Å². The third-order valence-electron chi connectivity index (χ3n) is 1.91. The van der Waals surface area contributed by atoms with Crippen LogP contribution >= 0.6 is 0 Å². The Morgan fingerprint density at radius 1 is 1.47 bits per heavy atom. The second kappa shape index (κ2) is 6.58. The Kier molecular flexibility index (Phi) is 5.07. The topological polar surface area (TPSA) is 50.4 Å². The van der Waals surface area contributed by atoms with Crippen LogP contribution in [0.2, 0.25) is 0 Å². The molecule has 1 aromatic rings. The number of ether oxygens (including phenoxy) is 1. The van der Waals surface area contributed by atoms with E-state index in [9.17, 15) is 4.79 Å². The van der Waals surface area contributed by atoms with E-state index in [1.54, 1.807) is 18.2 Å². The lowest BCUT2D eigenvalue weighted by Gasteiger charge is -2.13. The van der Waals surface area contributed by atoms with Crippen molar-refractivity contribution in [3.05, 3.63) is 36.9 Å². The second-order valence-corrected chi connectivity index (χ2v) is 3.85. The van der Waals surface area contributed by atoms with Crippen molar-refractivity contribution in [3.63, 3.8) is 0 Å². The highest BCUT2D eigenvalue weighted by atomic mass is 16.5. The number of carbonyl (C=O) groups is 1. The molecule has 0 heterocycles. The normalized spacial score (nSPS) is 9.82. The van der Waals surface area contributed by atoms with Crippen LogP contribution in [-0.2, 0) is 0 Å². The first-order chi connectivity index (χ1) is 8.13. The van der Waals surface area contributed by atoms with E-state index in [1.807, 2.05) is 26.0 Å². The summed E-state index contributed by atoms with van der Waals surface area (Å²) in [6.07, 6.45) is 1.66. The highest BCUT2D eigenvalue weighted by molar-refractivity contribution is 5.91. The first-order valence-corrected chi connectivity index (χ1v) is 5.53. The van der Waals surface area contributed by atoms with Crippen LogP contribution < -0.4 is 15.4 Å². The molecule has 0 aliphatic rings. The minimum atomic E-state index is -0.241. The molecule has 0 unspecified atom stereocenters. The molecule has 4 heteroatoms. The van der Waals surface area contributed by atoms with Crippen LogP contribution in [0.4, 0.5) is 10.5 Å². The van der Waals surface area contributed by atoms with Gasteiger partial charge in [-0.25, -0.2) is 4.79 Å². The lowest BCUT2D eigenvalue weighted by Crippen LogP contribution is -2.34. The third-order valence-corrected chi connectivity index (χ3v) is 1.91. The molecule has 1 rings (SSSR count). The number of rotatable bonds is 5. The predicted molar refractivity (Wildman–Crippen MR) is 69.4 cm³/mol. The first-order valence-electron chi connectivity index (χ1n) is 5.53. The number of anilines is 1. The van der Waals surface area contributed by atoms with E-state index in [2.05, 4.69) is 17.2 Å². The molecule has 2 N–H and O–H groups in total. The summed E-state index contributed by atoms with van der Waals surface area (Å²) < 4.78 is 5.43. The van der Waals surface area contributed by atoms with Crippen LogP contribution in [0.3, 0.4) is 0 Å². The van der Waals surface area contributed by atoms with Gasteiger partial charge in [0, 0.05) is 6.04 Å². The molecule has 92 valence electrons. The van der Waals surface area contributed by atoms with Gasteiger partial charge in [-0.2, -0.15) is 0 Å². The van der Waals surface area contributed by atoms with E-state index in [1.165, 1.54) is 0 Å². The molecule has 0 saturated heterocycles. The molecule has 0 saturated carbocycles. The number of hydrogen-bond acceptors (Lipinski definition) is 2. The highest BCUT2D eigenvalue weighted by Gasteiger charge is 2.07. The van der Waals surface area contributed by atoms with Gasteiger partial charge < -0.3 is 15.4 Å². The van der Waals surface area contributed by atoms with Crippen LogP contribution in [-0.4, -0.2) is 18.7 Å². The fraction of sp³-hybridized carbons (Fsp3) is 0.308. The smallest absolute Gasteiger partial charge is 0.319 e. The van der Waals surface area contributed by atoms with Gasteiger partial charge in [0.05, 0.1) is 5.69 Å². The van der Waals surface area contributed by atoms with Crippen LogP contribution in [0.15, 0.2) is 36.9 Å². The number of urea groups is 1. The van der Waals surface area contributed by atoms with E-state index in [-0.39, 0.29) is 12.1 Å². The quantitative estimate of drug-likeness (QED) is 0.770. The summed E-state index contributed by atoms with van der Waals surface area (Å²) in [5.41, 5.74) is 0.646. The van der Waals surface area contributed by atoms with Crippen molar-refractivity contribution in [2.75, 3.05) is 11.9 Å². The van der Waals surface area contributed by atoms with Crippen LogP contribution in [0.25, 0.3) is 0 Å². The van der Waals surface area contributed by atoms with Crippen molar-refractivity contribution >= 4 is 11.7 Å². The Balaban J connectivity index is 2.68. The summed E-state index contributed by atoms with van der Waals surface area (Å²) in [5.74, 6) is 0.631. The predicted octanol–water partition coefficient (Wildman–Crippen LogP) is 2.78. The van der Waals surface area contributed by atoms with Gasteiger partial charge in [0.15, 0.2) is 0 Å². The second-order valence-electron chi connectivity index (χ2n) is 3.85. The lowest BCUT2D eigenvalue weighted by molar-refractivity contribution is 0.250. The summed E-state index contributed by atoms with van der Waals surface area (Å²) in [4.78, 5) is 11.6. The van der Waals surface area contributed by atoms with Gasteiger partial charge in [0.25, 0.3) is 0 Å². The lowest BCUT2D eigenvalue weighted by atomic mass is 10.3. The SMILES string of the molecule is C=CCOc1ccccc1NC(=O)NC(C)C. The zero-order chi connectivity index (χ0) is 12.7. The molecule has 2 amide bonds. The minimum absolute atomic E-state index is 0.0938.